The van der Waals surface area contributed by atoms with E-state index in [4.69, 9.17) is 0 Å². The fourth-order valence-corrected chi connectivity index (χ4v) is 10.3. The van der Waals surface area contributed by atoms with Crippen molar-refractivity contribution in [1.29, 1.82) is 0 Å². The van der Waals surface area contributed by atoms with Crippen molar-refractivity contribution >= 4 is 85.9 Å². The van der Waals surface area contributed by atoms with Crippen LogP contribution in [0.15, 0.2) is 194 Å². The van der Waals surface area contributed by atoms with Gasteiger partial charge in [0.2, 0.25) is 0 Å². The zero-order valence-corrected chi connectivity index (χ0v) is 30.6. The van der Waals surface area contributed by atoms with Gasteiger partial charge in [-0.15, -0.1) is 11.3 Å². The second kappa shape index (κ2) is 11.8. The summed E-state index contributed by atoms with van der Waals surface area (Å²) in [6, 6.07) is 71.4. The molecule has 3 aromatic heterocycles. The Morgan fingerprint density at radius 3 is 1.82 bits per heavy atom. The fourth-order valence-electron chi connectivity index (χ4n) is 9.01. The summed E-state index contributed by atoms with van der Waals surface area (Å²) >= 11 is 1.91. The van der Waals surface area contributed by atoms with Gasteiger partial charge in [-0.3, -0.25) is 0 Å². The Morgan fingerprint density at radius 2 is 0.945 bits per heavy atom. The number of nitrogens with zero attached hydrogens (tertiary/aromatic N) is 2. The Kier molecular flexibility index (Phi) is 6.54. The molecule has 0 saturated carbocycles. The van der Waals surface area contributed by atoms with Crippen LogP contribution in [0.2, 0.25) is 0 Å². The van der Waals surface area contributed by atoms with Crippen molar-refractivity contribution in [2.24, 2.45) is 0 Å². The number of para-hydroxylation sites is 1. The lowest BCUT2D eigenvalue weighted by Crippen LogP contribution is -1.95. The van der Waals surface area contributed by atoms with Crippen molar-refractivity contribution in [2.75, 3.05) is 0 Å². The predicted octanol–water partition coefficient (Wildman–Crippen LogP) is 14.7. The van der Waals surface area contributed by atoms with Gasteiger partial charge < -0.3 is 9.13 Å². The van der Waals surface area contributed by atoms with Crippen molar-refractivity contribution in [3.63, 3.8) is 0 Å². The highest BCUT2D eigenvalue weighted by Crippen LogP contribution is 2.45. The van der Waals surface area contributed by atoms with Crippen LogP contribution in [0, 0.1) is 0 Å². The van der Waals surface area contributed by atoms with Crippen molar-refractivity contribution in [3.8, 4) is 33.6 Å². The topological polar surface area (TPSA) is 9.86 Å². The maximum atomic E-state index is 2.49. The standard InChI is InChI=1S/C52H32N2S/c1-2-12-33(13-3-1)35-16-10-17-38(30-35)53-46-21-8-6-19-40(46)43-31-36(24-27-47(43)53)37-25-28-48-44(32-37)51-49(29-26-42-41-20-7-9-23-50(41)55-52(42)51)54(48)45-22-11-15-34-14-4-5-18-39(34)45/h1-32H. The van der Waals surface area contributed by atoms with Gasteiger partial charge in [-0.2, -0.15) is 0 Å². The molecule has 9 aromatic carbocycles. The molecule has 0 N–H and O–H groups in total. The molecule has 12 aromatic rings. The molecule has 0 spiro atoms. The number of aromatic nitrogens is 2. The maximum Gasteiger partial charge on any atom is 0.0556 e. The molecule has 0 unspecified atom stereocenters. The van der Waals surface area contributed by atoms with Gasteiger partial charge in [0, 0.05) is 52.8 Å². The number of thiophene rings is 1. The third kappa shape index (κ3) is 4.54. The lowest BCUT2D eigenvalue weighted by molar-refractivity contribution is 1.18. The van der Waals surface area contributed by atoms with Gasteiger partial charge >= 0.3 is 0 Å². The molecule has 3 heteroatoms. The zero-order chi connectivity index (χ0) is 36.0. The van der Waals surface area contributed by atoms with Gasteiger partial charge in [-0.1, -0.05) is 133 Å². The summed E-state index contributed by atoms with van der Waals surface area (Å²) in [5.74, 6) is 0. The summed E-state index contributed by atoms with van der Waals surface area (Å²) in [6.45, 7) is 0. The normalized spacial score (nSPS) is 12.0. The Labute approximate surface area is 321 Å². The van der Waals surface area contributed by atoms with E-state index < -0.39 is 0 Å². The summed E-state index contributed by atoms with van der Waals surface area (Å²) in [5.41, 5.74) is 12.1. The first kappa shape index (κ1) is 30.5. The molecule has 12 rings (SSSR count). The van der Waals surface area contributed by atoms with Gasteiger partial charge in [0.15, 0.2) is 0 Å². The van der Waals surface area contributed by atoms with Crippen molar-refractivity contribution < 1.29 is 0 Å². The van der Waals surface area contributed by atoms with Crippen LogP contribution in [0.3, 0.4) is 0 Å². The molecule has 256 valence electrons. The largest absolute Gasteiger partial charge is 0.309 e. The smallest absolute Gasteiger partial charge is 0.0556 e. The van der Waals surface area contributed by atoms with E-state index >= 15 is 0 Å². The number of fused-ring (bicyclic) bond motifs is 11. The summed E-state index contributed by atoms with van der Waals surface area (Å²) in [7, 11) is 0. The van der Waals surface area contributed by atoms with Crippen LogP contribution in [0.5, 0.6) is 0 Å². The van der Waals surface area contributed by atoms with E-state index in [1.165, 1.54) is 102 Å². The van der Waals surface area contributed by atoms with Crippen molar-refractivity contribution in [3.05, 3.63) is 194 Å². The molecule has 3 heterocycles. The Bertz CT molecular complexity index is 3480. The Morgan fingerprint density at radius 1 is 0.327 bits per heavy atom. The molecule has 0 aliphatic rings. The first-order chi connectivity index (χ1) is 27.3. The molecule has 0 bridgehead atoms. The van der Waals surface area contributed by atoms with Gasteiger partial charge in [0.1, 0.15) is 0 Å². The second-order valence-corrected chi connectivity index (χ2v) is 15.6. The minimum atomic E-state index is 1.16. The second-order valence-electron chi connectivity index (χ2n) is 14.5. The minimum Gasteiger partial charge on any atom is -0.309 e. The molecule has 0 saturated heterocycles. The minimum absolute atomic E-state index is 1.16. The maximum absolute atomic E-state index is 2.49. The van der Waals surface area contributed by atoms with Crippen LogP contribution >= 0.6 is 11.3 Å². The first-order valence-electron chi connectivity index (χ1n) is 18.8. The van der Waals surface area contributed by atoms with Gasteiger partial charge in [0.05, 0.1) is 27.8 Å². The average molecular weight is 717 g/mol. The van der Waals surface area contributed by atoms with E-state index in [9.17, 15) is 0 Å². The van der Waals surface area contributed by atoms with E-state index in [1.807, 2.05) is 11.3 Å². The molecule has 0 radical (unpaired) electrons. The number of hydrogen-bond acceptors (Lipinski definition) is 1. The van der Waals surface area contributed by atoms with Crippen LogP contribution in [-0.4, -0.2) is 9.13 Å². The first-order valence-corrected chi connectivity index (χ1v) is 19.7. The molecule has 55 heavy (non-hydrogen) atoms. The third-order valence-electron chi connectivity index (χ3n) is 11.5. The summed E-state index contributed by atoms with van der Waals surface area (Å²) in [6.07, 6.45) is 0. The number of rotatable bonds is 4. The molecule has 0 atom stereocenters. The third-order valence-corrected chi connectivity index (χ3v) is 12.7. The quantitative estimate of drug-likeness (QED) is 0.172. The molecule has 0 amide bonds. The van der Waals surface area contributed by atoms with E-state index in [1.54, 1.807) is 0 Å². The Hall–Kier alpha value is -6.94. The Balaban J connectivity index is 1.10. The fraction of sp³-hybridized carbons (Fsp3) is 0. The predicted molar refractivity (Wildman–Crippen MR) is 236 cm³/mol. The average Bonchev–Trinajstić information content (AvgIpc) is 3.91. The van der Waals surface area contributed by atoms with Crippen LogP contribution in [0.4, 0.5) is 0 Å². The summed E-state index contributed by atoms with van der Waals surface area (Å²) in [4.78, 5) is 0. The summed E-state index contributed by atoms with van der Waals surface area (Å²) in [5, 5.41) is 10.2. The van der Waals surface area contributed by atoms with Crippen molar-refractivity contribution in [1.82, 2.24) is 9.13 Å². The summed E-state index contributed by atoms with van der Waals surface area (Å²) < 4.78 is 7.57. The van der Waals surface area contributed by atoms with Crippen LogP contribution < -0.4 is 0 Å². The van der Waals surface area contributed by atoms with Crippen LogP contribution in [-0.2, 0) is 0 Å². The zero-order valence-electron chi connectivity index (χ0n) is 29.8. The van der Waals surface area contributed by atoms with Gasteiger partial charge in [0.25, 0.3) is 0 Å². The molecule has 2 nitrogen and oxygen atoms in total. The highest BCUT2D eigenvalue weighted by Gasteiger charge is 2.20. The molecular weight excluding hydrogens is 685 g/mol. The molecule has 0 aliphatic heterocycles. The molecule has 0 aliphatic carbocycles. The van der Waals surface area contributed by atoms with Gasteiger partial charge in [-0.05, 0) is 88.3 Å². The van der Waals surface area contributed by atoms with Crippen LogP contribution in [0.25, 0.3) is 108 Å². The van der Waals surface area contributed by atoms with E-state index in [2.05, 4.69) is 203 Å². The highest BCUT2D eigenvalue weighted by molar-refractivity contribution is 7.26. The highest BCUT2D eigenvalue weighted by atomic mass is 32.1. The van der Waals surface area contributed by atoms with E-state index in [0.29, 0.717) is 0 Å². The van der Waals surface area contributed by atoms with Gasteiger partial charge in [-0.25, -0.2) is 0 Å². The molecule has 0 fully saturated rings. The SMILES string of the molecule is c1ccc(-c2cccc(-n3c4ccccc4c4cc(-c5ccc6c(c5)c5c7sc8ccccc8c7ccc5n6-c5cccc6ccccc56)ccc43)c2)cc1. The number of benzene rings is 9. The lowest BCUT2D eigenvalue weighted by atomic mass is 10.00. The van der Waals surface area contributed by atoms with E-state index in [-0.39, 0.29) is 0 Å². The molecular formula is C52H32N2S. The van der Waals surface area contributed by atoms with Crippen molar-refractivity contribution in [2.45, 2.75) is 0 Å². The number of hydrogen-bond donors (Lipinski definition) is 0. The monoisotopic (exact) mass is 716 g/mol. The lowest BCUT2D eigenvalue weighted by Gasteiger charge is -2.12. The van der Waals surface area contributed by atoms with E-state index in [0.717, 1.165) is 5.69 Å². The van der Waals surface area contributed by atoms with Crippen LogP contribution in [0.1, 0.15) is 0 Å².